The molecule has 1 N–H and O–H groups in total. The van der Waals surface area contributed by atoms with Crippen LogP contribution in [0.5, 0.6) is 11.5 Å². The number of amides is 1. The second-order valence-corrected chi connectivity index (χ2v) is 7.32. The molecule has 2 atom stereocenters. The van der Waals surface area contributed by atoms with Gasteiger partial charge in [-0.1, -0.05) is 6.07 Å². The number of rotatable bonds is 7. The molecule has 0 spiro atoms. The van der Waals surface area contributed by atoms with Crippen LogP contribution in [-0.4, -0.2) is 80.8 Å². The molecule has 1 aromatic rings. The van der Waals surface area contributed by atoms with Gasteiger partial charge in [0, 0.05) is 46.2 Å². The Labute approximate surface area is 170 Å². The van der Waals surface area contributed by atoms with Gasteiger partial charge in [-0.15, -0.1) is 0 Å². The first-order valence-corrected chi connectivity index (χ1v) is 9.87. The number of ether oxygens (including phenoxy) is 4. The molecule has 9 nitrogen and oxygen atoms in total. The van der Waals surface area contributed by atoms with Crippen LogP contribution >= 0.6 is 0 Å². The number of hydrogen-bond acceptors (Lipinski definition) is 8. The standard InChI is InChI=1S/C20H29N3O6/c1-14(10-16-4-5-17-18(11-16)27-13-26-17)22(3)20(25)29-15(2)28-19(24)12-23-8-6-21-7-9-23/h4-5,11,14-15,21H,6-10,12-13H2,1-3H3. The fraction of sp³-hybridized carbons (Fsp3) is 0.600. The monoisotopic (exact) mass is 407 g/mol. The molecule has 1 saturated heterocycles. The van der Waals surface area contributed by atoms with E-state index >= 15 is 0 Å². The van der Waals surface area contributed by atoms with E-state index in [1.807, 2.05) is 30.0 Å². The lowest BCUT2D eigenvalue weighted by molar-refractivity contribution is -0.167. The Hall–Kier alpha value is -2.52. The first kappa shape index (κ1) is 21.2. The number of esters is 1. The highest BCUT2D eigenvalue weighted by molar-refractivity contribution is 5.72. The maximum Gasteiger partial charge on any atom is 0.412 e. The number of carbonyl (C=O) groups excluding carboxylic acids is 2. The highest BCUT2D eigenvalue weighted by Gasteiger charge is 2.23. The Morgan fingerprint density at radius 2 is 1.90 bits per heavy atom. The number of carbonyl (C=O) groups is 2. The molecular weight excluding hydrogens is 378 g/mol. The minimum absolute atomic E-state index is 0.119. The van der Waals surface area contributed by atoms with Gasteiger partial charge in [-0.3, -0.25) is 9.69 Å². The Morgan fingerprint density at radius 1 is 1.17 bits per heavy atom. The topological polar surface area (TPSA) is 89.6 Å². The maximum atomic E-state index is 12.4. The summed E-state index contributed by atoms with van der Waals surface area (Å²) in [5, 5.41) is 3.23. The van der Waals surface area contributed by atoms with E-state index in [9.17, 15) is 9.59 Å². The zero-order valence-corrected chi connectivity index (χ0v) is 17.2. The van der Waals surface area contributed by atoms with Crippen molar-refractivity contribution in [3.8, 4) is 11.5 Å². The molecule has 1 amide bonds. The zero-order valence-electron chi connectivity index (χ0n) is 17.2. The van der Waals surface area contributed by atoms with E-state index in [0.29, 0.717) is 12.2 Å². The van der Waals surface area contributed by atoms with Crippen LogP contribution in [0, 0.1) is 0 Å². The third-order valence-electron chi connectivity index (χ3n) is 5.04. The first-order chi connectivity index (χ1) is 13.9. The number of fused-ring (bicyclic) bond motifs is 1. The molecule has 2 unspecified atom stereocenters. The predicted octanol–water partition coefficient (Wildman–Crippen LogP) is 1.21. The van der Waals surface area contributed by atoms with Crippen molar-refractivity contribution in [2.24, 2.45) is 0 Å². The van der Waals surface area contributed by atoms with Gasteiger partial charge in [-0.2, -0.15) is 0 Å². The molecule has 0 saturated carbocycles. The third-order valence-corrected chi connectivity index (χ3v) is 5.04. The maximum absolute atomic E-state index is 12.4. The first-order valence-electron chi connectivity index (χ1n) is 9.87. The molecule has 0 radical (unpaired) electrons. The fourth-order valence-corrected chi connectivity index (χ4v) is 3.25. The molecule has 0 bridgehead atoms. The number of nitrogens with one attached hydrogen (secondary N) is 1. The summed E-state index contributed by atoms with van der Waals surface area (Å²) in [6.45, 7) is 7.18. The zero-order chi connectivity index (χ0) is 20.8. The molecule has 9 heteroatoms. The van der Waals surface area contributed by atoms with E-state index in [4.69, 9.17) is 18.9 Å². The average molecular weight is 407 g/mol. The Balaban J connectivity index is 1.43. The number of nitrogens with zero attached hydrogens (tertiary/aromatic N) is 2. The highest BCUT2D eigenvalue weighted by Crippen LogP contribution is 2.32. The predicted molar refractivity (Wildman–Crippen MR) is 105 cm³/mol. The summed E-state index contributed by atoms with van der Waals surface area (Å²) in [6.07, 6.45) is -0.863. The second-order valence-electron chi connectivity index (χ2n) is 7.32. The summed E-state index contributed by atoms with van der Waals surface area (Å²) in [7, 11) is 1.66. The van der Waals surface area contributed by atoms with Gasteiger partial charge in [-0.05, 0) is 31.0 Å². The van der Waals surface area contributed by atoms with Crippen molar-refractivity contribution in [3.05, 3.63) is 23.8 Å². The van der Waals surface area contributed by atoms with Crippen LogP contribution in [0.3, 0.4) is 0 Å². The van der Waals surface area contributed by atoms with Gasteiger partial charge in [0.2, 0.25) is 13.1 Å². The summed E-state index contributed by atoms with van der Waals surface area (Å²) in [5.41, 5.74) is 1.02. The summed E-state index contributed by atoms with van der Waals surface area (Å²) in [4.78, 5) is 27.9. The molecule has 3 rings (SSSR count). The van der Waals surface area contributed by atoms with E-state index in [0.717, 1.165) is 37.5 Å². The molecule has 2 aliphatic heterocycles. The molecular formula is C20H29N3O6. The van der Waals surface area contributed by atoms with Crippen LogP contribution in [0.4, 0.5) is 4.79 Å². The quantitative estimate of drug-likeness (QED) is 0.533. The van der Waals surface area contributed by atoms with Gasteiger partial charge in [0.1, 0.15) is 0 Å². The summed E-state index contributed by atoms with van der Waals surface area (Å²) >= 11 is 0. The van der Waals surface area contributed by atoms with E-state index in [-0.39, 0.29) is 19.4 Å². The van der Waals surface area contributed by atoms with E-state index < -0.39 is 18.4 Å². The van der Waals surface area contributed by atoms with Crippen LogP contribution in [0.25, 0.3) is 0 Å². The lowest BCUT2D eigenvalue weighted by Crippen LogP contribution is -2.46. The van der Waals surface area contributed by atoms with Crippen LogP contribution in [0.1, 0.15) is 19.4 Å². The molecule has 0 aromatic heterocycles. The molecule has 2 heterocycles. The normalized spacial score (nSPS) is 18.0. The van der Waals surface area contributed by atoms with Crippen LogP contribution in [0.15, 0.2) is 18.2 Å². The number of likely N-dealkylation sites (N-methyl/N-ethyl adjacent to an activating group) is 1. The molecule has 1 aromatic carbocycles. The third kappa shape index (κ3) is 5.98. The van der Waals surface area contributed by atoms with Crippen molar-refractivity contribution in [2.45, 2.75) is 32.6 Å². The Morgan fingerprint density at radius 3 is 2.66 bits per heavy atom. The van der Waals surface area contributed by atoms with E-state index in [1.165, 1.54) is 4.90 Å². The fourth-order valence-electron chi connectivity index (χ4n) is 3.25. The van der Waals surface area contributed by atoms with E-state index in [2.05, 4.69) is 5.32 Å². The minimum Gasteiger partial charge on any atom is -0.454 e. The van der Waals surface area contributed by atoms with Crippen molar-refractivity contribution < 1.29 is 28.5 Å². The van der Waals surface area contributed by atoms with Gasteiger partial charge in [0.15, 0.2) is 11.5 Å². The lowest BCUT2D eigenvalue weighted by atomic mass is 10.1. The van der Waals surface area contributed by atoms with Crippen LogP contribution in [0.2, 0.25) is 0 Å². The molecule has 1 fully saturated rings. The highest BCUT2D eigenvalue weighted by atomic mass is 16.7. The minimum atomic E-state index is -0.946. The Bertz CT molecular complexity index is 722. The Kier molecular flexibility index (Phi) is 7.16. The molecule has 29 heavy (non-hydrogen) atoms. The molecule has 0 aliphatic carbocycles. The van der Waals surface area contributed by atoms with Crippen LogP contribution in [-0.2, 0) is 20.7 Å². The number of piperazine rings is 1. The largest absolute Gasteiger partial charge is 0.454 e. The van der Waals surface area contributed by atoms with Gasteiger partial charge < -0.3 is 29.2 Å². The summed E-state index contributed by atoms with van der Waals surface area (Å²) in [5.74, 6) is 1.04. The summed E-state index contributed by atoms with van der Waals surface area (Å²) in [6, 6.07) is 5.61. The van der Waals surface area contributed by atoms with Crippen molar-refractivity contribution in [2.75, 3.05) is 46.6 Å². The number of hydrogen-bond donors (Lipinski definition) is 1. The average Bonchev–Trinajstić information content (AvgIpc) is 3.15. The lowest BCUT2D eigenvalue weighted by Gasteiger charge is -2.28. The van der Waals surface area contributed by atoms with Crippen molar-refractivity contribution in [3.63, 3.8) is 0 Å². The van der Waals surface area contributed by atoms with Crippen molar-refractivity contribution >= 4 is 12.1 Å². The summed E-state index contributed by atoms with van der Waals surface area (Å²) < 4.78 is 21.2. The number of benzene rings is 1. The van der Waals surface area contributed by atoms with E-state index in [1.54, 1.807) is 14.0 Å². The van der Waals surface area contributed by atoms with Gasteiger partial charge in [0.25, 0.3) is 0 Å². The molecule has 2 aliphatic rings. The van der Waals surface area contributed by atoms with Crippen molar-refractivity contribution in [1.29, 1.82) is 0 Å². The van der Waals surface area contributed by atoms with Gasteiger partial charge >= 0.3 is 12.1 Å². The van der Waals surface area contributed by atoms with Gasteiger partial charge in [-0.25, -0.2) is 4.79 Å². The van der Waals surface area contributed by atoms with Gasteiger partial charge in [0.05, 0.1) is 6.54 Å². The van der Waals surface area contributed by atoms with Crippen molar-refractivity contribution in [1.82, 2.24) is 15.1 Å². The smallest absolute Gasteiger partial charge is 0.412 e. The molecule has 160 valence electrons. The van der Waals surface area contributed by atoms with Crippen LogP contribution < -0.4 is 14.8 Å². The second kappa shape index (κ2) is 9.80. The SMILES string of the molecule is CC(OC(=O)CN1CCNCC1)OC(=O)N(C)C(C)Cc1ccc2c(c1)OCO2.